The molecule has 1 unspecified atom stereocenters. The molecule has 2 aliphatic rings. The number of aliphatic imine (C=N–C) groups is 1. The summed E-state index contributed by atoms with van der Waals surface area (Å²) < 4.78 is 11.7. The summed E-state index contributed by atoms with van der Waals surface area (Å²) in [5, 5.41) is 6.87. The van der Waals surface area contributed by atoms with E-state index in [1.54, 1.807) is 7.05 Å². The van der Waals surface area contributed by atoms with Crippen molar-refractivity contribution in [2.75, 3.05) is 38.8 Å². The molecule has 0 bridgehead atoms. The summed E-state index contributed by atoms with van der Waals surface area (Å²) in [7, 11) is 3.98. The van der Waals surface area contributed by atoms with Crippen molar-refractivity contribution in [3.8, 4) is 5.75 Å². The van der Waals surface area contributed by atoms with Crippen LogP contribution in [0.15, 0.2) is 41.4 Å². The molecule has 0 amide bonds. The van der Waals surface area contributed by atoms with Crippen LogP contribution >= 0.6 is 0 Å². The van der Waals surface area contributed by atoms with E-state index in [0.29, 0.717) is 13.2 Å². The van der Waals surface area contributed by atoms with E-state index < -0.39 is 0 Å². The van der Waals surface area contributed by atoms with Crippen LogP contribution in [0.3, 0.4) is 0 Å². The summed E-state index contributed by atoms with van der Waals surface area (Å²) in [4.78, 5) is 6.74. The van der Waals surface area contributed by atoms with Crippen LogP contribution in [-0.2, 0) is 24.2 Å². The van der Waals surface area contributed by atoms with Crippen LogP contribution in [0.5, 0.6) is 5.75 Å². The number of rotatable bonds is 6. The predicted octanol–water partition coefficient (Wildman–Crippen LogP) is 3.41. The number of anilines is 1. The molecule has 1 saturated heterocycles. The second kappa shape index (κ2) is 10.1. The second-order valence-electron chi connectivity index (χ2n) is 8.48. The van der Waals surface area contributed by atoms with Gasteiger partial charge in [-0.25, -0.2) is 0 Å². The zero-order valence-corrected chi connectivity index (χ0v) is 18.9. The molecule has 4 rings (SSSR count). The van der Waals surface area contributed by atoms with E-state index >= 15 is 0 Å². The van der Waals surface area contributed by atoms with Gasteiger partial charge in [-0.2, -0.15) is 0 Å². The van der Waals surface area contributed by atoms with Crippen LogP contribution in [0.1, 0.15) is 35.1 Å². The quantitative estimate of drug-likeness (QED) is 0.552. The third kappa shape index (κ3) is 5.50. The molecule has 2 aromatic rings. The third-order valence-corrected chi connectivity index (χ3v) is 6.03. The maximum Gasteiger partial charge on any atom is 0.191 e. The number of hydrogen-bond donors (Lipinski definition) is 2. The minimum atomic E-state index is 0.140. The lowest BCUT2D eigenvalue weighted by molar-refractivity contribution is 0.140. The Morgan fingerprint density at radius 2 is 2.06 bits per heavy atom. The molecular formula is C25H34N4O2. The normalized spacial score (nSPS) is 18.6. The summed E-state index contributed by atoms with van der Waals surface area (Å²) in [6, 6.07) is 13.1. The first-order valence-corrected chi connectivity index (χ1v) is 11.2. The number of fused-ring (bicyclic) bond motifs is 1. The molecule has 1 atom stereocenters. The van der Waals surface area contributed by atoms with Crippen molar-refractivity contribution in [2.45, 2.75) is 45.4 Å². The zero-order chi connectivity index (χ0) is 21.6. The molecule has 0 saturated carbocycles. The van der Waals surface area contributed by atoms with Gasteiger partial charge in [0.2, 0.25) is 0 Å². The van der Waals surface area contributed by atoms with Gasteiger partial charge in [-0.05, 0) is 48.6 Å². The van der Waals surface area contributed by atoms with Crippen molar-refractivity contribution in [2.24, 2.45) is 4.99 Å². The van der Waals surface area contributed by atoms with Crippen molar-refractivity contribution in [1.82, 2.24) is 10.6 Å². The van der Waals surface area contributed by atoms with Crippen molar-refractivity contribution < 1.29 is 9.47 Å². The van der Waals surface area contributed by atoms with Crippen molar-refractivity contribution in [3.63, 3.8) is 0 Å². The largest absolute Gasteiger partial charge is 0.488 e. The molecule has 166 valence electrons. The lowest BCUT2D eigenvalue weighted by Gasteiger charge is -2.28. The SMILES string of the molecule is CN=C(NCc1ccc2c(c1)CCCN2C)NCc1ccc(C)cc1OC1CCOC1. The van der Waals surface area contributed by atoms with Crippen LogP contribution in [0, 0.1) is 6.92 Å². The Labute approximate surface area is 185 Å². The summed E-state index contributed by atoms with van der Waals surface area (Å²) in [5.41, 5.74) is 6.39. The number of hydrogen-bond acceptors (Lipinski definition) is 4. The molecular weight excluding hydrogens is 388 g/mol. The molecule has 6 heteroatoms. The highest BCUT2D eigenvalue weighted by molar-refractivity contribution is 5.79. The number of benzene rings is 2. The van der Waals surface area contributed by atoms with Crippen molar-refractivity contribution in [1.29, 1.82) is 0 Å². The van der Waals surface area contributed by atoms with Crippen LogP contribution in [0.4, 0.5) is 5.69 Å². The summed E-state index contributed by atoms with van der Waals surface area (Å²) in [6.45, 7) is 6.07. The van der Waals surface area contributed by atoms with Gasteiger partial charge in [-0.3, -0.25) is 4.99 Å². The summed E-state index contributed by atoms with van der Waals surface area (Å²) in [5.74, 6) is 1.71. The first-order chi connectivity index (χ1) is 15.1. The Morgan fingerprint density at radius 3 is 2.87 bits per heavy atom. The fourth-order valence-corrected chi connectivity index (χ4v) is 4.24. The van der Waals surface area contributed by atoms with E-state index in [4.69, 9.17) is 9.47 Å². The van der Waals surface area contributed by atoms with E-state index in [1.165, 1.54) is 28.8 Å². The Balaban J connectivity index is 1.35. The molecule has 0 aromatic heterocycles. The first-order valence-electron chi connectivity index (χ1n) is 11.2. The van der Waals surface area contributed by atoms with Gasteiger partial charge in [-0.1, -0.05) is 24.3 Å². The van der Waals surface area contributed by atoms with Gasteiger partial charge in [-0.15, -0.1) is 0 Å². The number of ether oxygens (including phenoxy) is 2. The van der Waals surface area contributed by atoms with Gasteiger partial charge < -0.3 is 25.0 Å². The van der Waals surface area contributed by atoms with Crippen molar-refractivity contribution >= 4 is 11.6 Å². The lowest BCUT2D eigenvalue weighted by Crippen LogP contribution is -2.36. The van der Waals surface area contributed by atoms with Crippen LogP contribution < -0.4 is 20.3 Å². The molecule has 0 aliphatic carbocycles. The molecule has 2 N–H and O–H groups in total. The average molecular weight is 423 g/mol. The maximum atomic E-state index is 6.21. The minimum absolute atomic E-state index is 0.140. The molecule has 0 radical (unpaired) electrons. The van der Waals surface area contributed by atoms with Crippen LogP contribution in [0.2, 0.25) is 0 Å². The van der Waals surface area contributed by atoms with Crippen molar-refractivity contribution in [3.05, 3.63) is 58.7 Å². The van der Waals surface area contributed by atoms with E-state index in [1.807, 2.05) is 0 Å². The lowest BCUT2D eigenvalue weighted by atomic mass is 9.99. The van der Waals surface area contributed by atoms with Crippen LogP contribution in [0.25, 0.3) is 0 Å². The van der Waals surface area contributed by atoms with Crippen LogP contribution in [-0.4, -0.2) is 45.9 Å². The minimum Gasteiger partial charge on any atom is -0.488 e. The second-order valence-corrected chi connectivity index (χ2v) is 8.48. The maximum absolute atomic E-state index is 6.21. The number of nitrogens with zero attached hydrogens (tertiary/aromatic N) is 2. The molecule has 1 fully saturated rings. The Bertz CT molecular complexity index is 922. The van der Waals surface area contributed by atoms with Gasteiger partial charge in [0.1, 0.15) is 11.9 Å². The fourth-order valence-electron chi connectivity index (χ4n) is 4.24. The van der Waals surface area contributed by atoms with Gasteiger partial charge in [0, 0.05) is 51.4 Å². The molecule has 2 aliphatic heterocycles. The highest BCUT2D eigenvalue weighted by Gasteiger charge is 2.19. The number of aryl methyl sites for hydroxylation is 2. The van der Waals surface area contributed by atoms with E-state index in [2.05, 4.69) is 70.9 Å². The standard InChI is InChI=1S/C25H34N4O2/c1-18-6-8-21(24(13-18)31-22-10-12-30-17-22)16-28-25(26-2)27-15-19-7-9-23-20(14-19)5-4-11-29(23)3/h6-9,13-14,22H,4-5,10-12,15-17H2,1-3H3,(H2,26,27,28). The van der Waals surface area contributed by atoms with E-state index in [-0.39, 0.29) is 6.10 Å². The zero-order valence-electron chi connectivity index (χ0n) is 18.9. The van der Waals surface area contributed by atoms with E-state index in [9.17, 15) is 0 Å². The summed E-state index contributed by atoms with van der Waals surface area (Å²) in [6.07, 6.45) is 3.46. The number of guanidine groups is 1. The highest BCUT2D eigenvalue weighted by Crippen LogP contribution is 2.27. The Morgan fingerprint density at radius 1 is 1.19 bits per heavy atom. The van der Waals surface area contributed by atoms with Gasteiger partial charge in [0.15, 0.2) is 5.96 Å². The topological polar surface area (TPSA) is 58.1 Å². The van der Waals surface area contributed by atoms with Gasteiger partial charge in [0.25, 0.3) is 0 Å². The summed E-state index contributed by atoms with van der Waals surface area (Å²) >= 11 is 0. The van der Waals surface area contributed by atoms with Gasteiger partial charge in [0.05, 0.1) is 13.2 Å². The highest BCUT2D eigenvalue weighted by atomic mass is 16.5. The third-order valence-electron chi connectivity index (χ3n) is 6.03. The molecule has 0 spiro atoms. The molecule has 2 heterocycles. The Hall–Kier alpha value is -2.73. The average Bonchev–Trinajstić information content (AvgIpc) is 3.28. The Kier molecular flexibility index (Phi) is 6.97. The monoisotopic (exact) mass is 422 g/mol. The fraction of sp³-hybridized carbons (Fsp3) is 0.480. The first kappa shape index (κ1) is 21.5. The molecule has 31 heavy (non-hydrogen) atoms. The predicted molar refractivity (Wildman–Crippen MR) is 126 cm³/mol. The smallest absolute Gasteiger partial charge is 0.191 e. The number of nitrogens with one attached hydrogen (secondary N) is 2. The molecule has 2 aromatic carbocycles. The van der Waals surface area contributed by atoms with E-state index in [0.717, 1.165) is 49.8 Å². The van der Waals surface area contributed by atoms with Gasteiger partial charge >= 0.3 is 0 Å². The molecule has 6 nitrogen and oxygen atoms in total.